The summed E-state index contributed by atoms with van der Waals surface area (Å²) in [6, 6.07) is 7.42. The Balaban J connectivity index is 2.52. The molecule has 0 amide bonds. The lowest BCUT2D eigenvalue weighted by Crippen LogP contribution is -2.06. The van der Waals surface area contributed by atoms with Crippen molar-refractivity contribution in [1.29, 1.82) is 0 Å². The van der Waals surface area contributed by atoms with Crippen molar-refractivity contribution >= 4 is 27.4 Å². The fraction of sp³-hybridized carbons (Fsp3) is 0.133. The van der Waals surface area contributed by atoms with Gasteiger partial charge in [0.15, 0.2) is 5.78 Å². The number of hydrogen-bond acceptors (Lipinski definition) is 3. The second-order valence-corrected chi connectivity index (χ2v) is 5.22. The predicted octanol–water partition coefficient (Wildman–Crippen LogP) is 3.72. The Morgan fingerprint density at radius 2 is 2.00 bits per heavy atom. The van der Waals surface area contributed by atoms with E-state index >= 15 is 0 Å². The Labute approximate surface area is 124 Å². The van der Waals surface area contributed by atoms with Crippen LogP contribution in [0.4, 0.5) is 10.1 Å². The van der Waals surface area contributed by atoms with E-state index in [4.69, 9.17) is 10.5 Å². The second-order valence-electron chi connectivity index (χ2n) is 4.37. The molecule has 0 unspecified atom stereocenters. The summed E-state index contributed by atoms with van der Waals surface area (Å²) in [6.45, 7) is 1.89. The molecule has 0 aliphatic rings. The minimum Gasteiger partial charge on any atom is -0.496 e. The smallest absolute Gasteiger partial charge is 0.196 e. The molecule has 3 nitrogen and oxygen atoms in total. The first kappa shape index (κ1) is 14.5. The molecule has 0 spiro atoms. The Bertz CT molecular complexity index is 686. The van der Waals surface area contributed by atoms with Gasteiger partial charge in [0.05, 0.1) is 18.4 Å². The molecule has 0 saturated heterocycles. The van der Waals surface area contributed by atoms with E-state index in [0.29, 0.717) is 11.3 Å². The van der Waals surface area contributed by atoms with Crippen molar-refractivity contribution in [2.24, 2.45) is 0 Å². The van der Waals surface area contributed by atoms with Gasteiger partial charge in [-0.2, -0.15) is 0 Å². The largest absolute Gasteiger partial charge is 0.496 e. The summed E-state index contributed by atoms with van der Waals surface area (Å²) < 4.78 is 19.5. The van der Waals surface area contributed by atoms with Gasteiger partial charge in [0.1, 0.15) is 11.6 Å². The van der Waals surface area contributed by atoms with Gasteiger partial charge >= 0.3 is 0 Å². The van der Waals surface area contributed by atoms with Crippen molar-refractivity contribution in [3.8, 4) is 5.75 Å². The Morgan fingerprint density at radius 1 is 1.30 bits per heavy atom. The van der Waals surface area contributed by atoms with Crippen LogP contribution in [0.3, 0.4) is 0 Å². The minimum absolute atomic E-state index is 0.0126. The fourth-order valence-electron chi connectivity index (χ4n) is 1.83. The van der Waals surface area contributed by atoms with E-state index in [1.807, 2.05) is 6.92 Å². The lowest BCUT2D eigenvalue weighted by atomic mass is 10.0. The molecule has 2 N–H and O–H groups in total. The monoisotopic (exact) mass is 337 g/mol. The number of nitrogen functional groups attached to an aromatic ring is 1. The maximum Gasteiger partial charge on any atom is 0.196 e. The number of anilines is 1. The number of methoxy groups -OCH3 is 1. The van der Waals surface area contributed by atoms with Gasteiger partial charge in [-0.05, 0) is 42.8 Å². The minimum atomic E-state index is -0.610. The highest BCUT2D eigenvalue weighted by Crippen LogP contribution is 2.29. The Kier molecular flexibility index (Phi) is 4.09. The highest BCUT2D eigenvalue weighted by molar-refractivity contribution is 9.10. The summed E-state index contributed by atoms with van der Waals surface area (Å²) in [7, 11) is 1.49. The van der Waals surface area contributed by atoms with Crippen LogP contribution in [-0.2, 0) is 0 Å². The van der Waals surface area contributed by atoms with Crippen molar-refractivity contribution in [1.82, 2.24) is 0 Å². The number of carbonyl (C=O) groups excluding carboxylic acids is 1. The predicted molar refractivity (Wildman–Crippen MR) is 79.7 cm³/mol. The van der Waals surface area contributed by atoms with E-state index in [2.05, 4.69) is 15.9 Å². The first-order valence-electron chi connectivity index (χ1n) is 5.88. The van der Waals surface area contributed by atoms with Crippen LogP contribution in [0, 0.1) is 12.7 Å². The number of ketones is 1. The number of ether oxygens (including phenoxy) is 1. The zero-order valence-corrected chi connectivity index (χ0v) is 12.6. The Hall–Kier alpha value is -1.88. The average Bonchev–Trinajstić information content (AvgIpc) is 2.43. The third kappa shape index (κ3) is 2.67. The molecule has 0 radical (unpaired) electrons. The molecule has 0 saturated carbocycles. The molecule has 0 fully saturated rings. The molecule has 0 heterocycles. The summed E-state index contributed by atoms with van der Waals surface area (Å²) in [5, 5.41) is 0. The maximum atomic E-state index is 13.5. The standard InChI is InChI=1S/C15H13BrFNO2/c1-8-5-14(20-2)10(7-11(8)16)15(19)9-3-4-13(18)12(17)6-9/h3-7H,18H2,1-2H3. The fourth-order valence-corrected chi connectivity index (χ4v) is 2.17. The van der Waals surface area contributed by atoms with Crippen LogP contribution in [0.15, 0.2) is 34.8 Å². The molecule has 2 rings (SSSR count). The van der Waals surface area contributed by atoms with Crippen molar-refractivity contribution in [2.75, 3.05) is 12.8 Å². The van der Waals surface area contributed by atoms with Crippen LogP contribution in [-0.4, -0.2) is 12.9 Å². The number of nitrogens with two attached hydrogens (primary N) is 1. The number of halogens is 2. The molecular weight excluding hydrogens is 325 g/mol. The molecule has 104 valence electrons. The third-order valence-electron chi connectivity index (χ3n) is 2.99. The van der Waals surface area contributed by atoms with Gasteiger partial charge < -0.3 is 10.5 Å². The van der Waals surface area contributed by atoms with Crippen LogP contribution >= 0.6 is 15.9 Å². The van der Waals surface area contributed by atoms with Crippen LogP contribution in [0.2, 0.25) is 0 Å². The quantitative estimate of drug-likeness (QED) is 0.686. The first-order chi connectivity index (χ1) is 9.43. The molecule has 2 aromatic carbocycles. The van der Waals surface area contributed by atoms with Gasteiger partial charge in [-0.3, -0.25) is 4.79 Å². The topological polar surface area (TPSA) is 52.3 Å². The van der Waals surface area contributed by atoms with Gasteiger partial charge in [0, 0.05) is 10.0 Å². The zero-order chi connectivity index (χ0) is 14.9. The number of benzene rings is 2. The first-order valence-corrected chi connectivity index (χ1v) is 6.67. The van der Waals surface area contributed by atoms with Gasteiger partial charge in [0.2, 0.25) is 0 Å². The summed E-state index contributed by atoms with van der Waals surface area (Å²) in [4.78, 5) is 12.4. The highest BCUT2D eigenvalue weighted by atomic mass is 79.9. The van der Waals surface area contributed by atoms with Crippen molar-refractivity contribution in [3.05, 3.63) is 57.3 Å². The van der Waals surface area contributed by atoms with Crippen molar-refractivity contribution in [3.63, 3.8) is 0 Å². The average molecular weight is 338 g/mol. The highest BCUT2D eigenvalue weighted by Gasteiger charge is 2.17. The number of carbonyl (C=O) groups is 1. The maximum absolute atomic E-state index is 13.5. The molecule has 0 aliphatic heterocycles. The molecule has 0 aromatic heterocycles. The van der Waals surface area contributed by atoms with Gasteiger partial charge in [-0.15, -0.1) is 0 Å². The number of hydrogen-bond donors (Lipinski definition) is 1. The van der Waals surface area contributed by atoms with Crippen molar-refractivity contribution in [2.45, 2.75) is 6.92 Å². The van der Waals surface area contributed by atoms with Crippen LogP contribution in [0.1, 0.15) is 21.5 Å². The van der Waals surface area contributed by atoms with Gasteiger partial charge in [-0.25, -0.2) is 4.39 Å². The lowest BCUT2D eigenvalue weighted by Gasteiger charge is -2.10. The number of rotatable bonds is 3. The molecule has 0 aliphatic carbocycles. The van der Waals surface area contributed by atoms with E-state index in [0.717, 1.165) is 16.1 Å². The molecule has 2 aromatic rings. The Morgan fingerprint density at radius 3 is 2.60 bits per heavy atom. The van der Waals surface area contributed by atoms with Crippen LogP contribution in [0.5, 0.6) is 5.75 Å². The van der Waals surface area contributed by atoms with Crippen LogP contribution < -0.4 is 10.5 Å². The number of aryl methyl sites for hydroxylation is 1. The molecule has 20 heavy (non-hydrogen) atoms. The summed E-state index contributed by atoms with van der Waals surface area (Å²) >= 11 is 3.37. The van der Waals surface area contributed by atoms with Crippen molar-refractivity contribution < 1.29 is 13.9 Å². The molecule has 0 bridgehead atoms. The lowest BCUT2D eigenvalue weighted by molar-refractivity contribution is 0.103. The third-order valence-corrected chi connectivity index (χ3v) is 3.84. The zero-order valence-electron chi connectivity index (χ0n) is 11.0. The van der Waals surface area contributed by atoms with Gasteiger partial charge in [-0.1, -0.05) is 15.9 Å². The van der Waals surface area contributed by atoms with E-state index in [9.17, 15) is 9.18 Å². The van der Waals surface area contributed by atoms with E-state index in [-0.39, 0.29) is 17.0 Å². The van der Waals surface area contributed by atoms with E-state index < -0.39 is 5.82 Å². The van der Waals surface area contributed by atoms with E-state index in [1.54, 1.807) is 12.1 Å². The SMILES string of the molecule is COc1cc(C)c(Br)cc1C(=O)c1ccc(N)c(F)c1. The molecular formula is C15H13BrFNO2. The summed E-state index contributed by atoms with van der Waals surface area (Å²) in [5.41, 5.74) is 6.97. The normalized spacial score (nSPS) is 10.4. The van der Waals surface area contributed by atoms with Gasteiger partial charge in [0.25, 0.3) is 0 Å². The molecule has 0 atom stereocenters. The van der Waals surface area contributed by atoms with Crippen LogP contribution in [0.25, 0.3) is 0 Å². The van der Waals surface area contributed by atoms with E-state index in [1.165, 1.54) is 19.2 Å². The summed E-state index contributed by atoms with van der Waals surface area (Å²) in [6.07, 6.45) is 0. The summed E-state index contributed by atoms with van der Waals surface area (Å²) in [5.74, 6) is -0.477. The molecule has 5 heteroatoms. The second kappa shape index (κ2) is 5.63.